The molecule has 0 saturated heterocycles. The molecule has 1 N–H and O–H groups in total. The number of aliphatic hydroxyl groups excluding tert-OH is 1. The molecule has 31 heavy (non-hydrogen) atoms. The van der Waals surface area contributed by atoms with E-state index in [1.165, 1.54) is 57.8 Å². The summed E-state index contributed by atoms with van der Waals surface area (Å²) < 4.78 is 0. The van der Waals surface area contributed by atoms with Crippen LogP contribution in [0.2, 0.25) is 0 Å². The maximum Gasteiger partial charge on any atom is 0.0594 e. The van der Waals surface area contributed by atoms with E-state index >= 15 is 0 Å². The SMILES string of the molecule is CC1(C)CCC2(C)CCC3(C)C4CCC5C(C)(CCC(O)C5(C)C)C4=CCC3(C)C2C1. The van der Waals surface area contributed by atoms with Crippen LogP contribution in [0.25, 0.3) is 0 Å². The minimum atomic E-state index is -0.132. The van der Waals surface area contributed by atoms with Crippen molar-refractivity contribution < 1.29 is 5.11 Å². The van der Waals surface area contributed by atoms with Gasteiger partial charge in [-0.1, -0.05) is 67.0 Å². The van der Waals surface area contributed by atoms with Gasteiger partial charge in [-0.25, -0.2) is 0 Å². The standard InChI is InChI=1S/C30H50O/c1-25(2)15-16-27(5)17-18-29(7)21-9-10-22-26(3,4)24(31)12-13-28(22,6)20(21)11-14-30(29,8)23(27)19-25/h11,21-24,31H,9-10,12-19H2,1-8H3. The maximum atomic E-state index is 10.9. The zero-order chi connectivity index (χ0) is 22.7. The number of hydrogen-bond acceptors (Lipinski definition) is 1. The molecule has 4 fully saturated rings. The Balaban J connectivity index is 1.57. The second-order valence-corrected chi connectivity index (χ2v) is 15.2. The Labute approximate surface area is 192 Å². The first-order valence-electron chi connectivity index (χ1n) is 13.6. The molecule has 8 unspecified atom stereocenters. The fourth-order valence-electron chi connectivity index (χ4n) is 10.5. The van der Waals surface area contributed by atoms with Gasteiger partial charge in [0.15, 0.2) is 0 Å². The third-order valence-corrected chi connectivity index (χ3v) is 13.0. The molecule has 5 aliphatic carbocycles. The number of allylic oxidation sites excluding steroid dienone is 2. The number of aliphatic hydroxyl groups is 1. The lowest BCUT2D eigenvalue weighted by Crippen LogP contribution is -2.63. The van der Waals surface area contributed by atoms with Crippen LogP contribution < -0.4 is 0 Å². The minimum absolute atomic E-state index is 0.0407. The Morgan fingerprint density at radius 1 is 0.742 bits per heavy atom. The molecule has 0 aromatic carbocycles. The highest BCUT2D eigenvalue weighted by Crippen LogP contribution is 2.75. The number of fused-ring (bicyclic) bond motifs is 7. The van der Waals surface area contributed by atoms with Crippen LogP contribution >= 0.6 is 0 Å². The minimum Gasteiger partial charge on any atom is -0.393 e. The van der Waals surface area contributed by atoms with Crippen molar-refractivity contribution in [3.63, 3.8) is 0 Å². The van der Waals surface area contributed by atoms with Gasteiger partial charge in [0.1, 0.15) is 0 Å². The van der Waals surface area contributed by atoms with Gasteiger partial charge in [0.2, 0.25) is 0 Å². The van der Waals surface area contributed by atoms with Crippen molar-refractivity contribution in [2.24, 2.45) is 50.2 Å². The van der Waals surface area contributed by atoms with E-state index in [0.29, 0.717) is 33.0 Å². The van der Waals surface area contributed by atoms with E-state index in [-0.39, 0.29) is 11.5 Å². The Bertz CT molecular complexity index is 790. The molecule has 0 spiro atoms. The summed E-state index contributed by atoms with van der Waals surface area (Å²) in [6.45, 7) is 20.5. The molecular formula is C30H50O. The largest absolute Gasteiger partial charge is 0.393 e. The van der Waals surface area contributed by atoms with E-state index in [1.807, 2.05) is 5.57 Å². The number of hydrogen-bond donors (Lipinski definition) is 1. The Kier molecular flexibility index (Phi) is 4.66. The van der Waals surface area contributed by atoms with Crippen LogP contribution in [0.1, 0.15) is 120 Å². The first-order chi connectivity index (χ1) is 14.2. The molecule has 0 aliphatic heterocycles. The fourth-order valence-corrected chi connectivity index (χ4v) is 10.5. The van der Waals surface area contributed by atoms with Crippen LogP contribution in [0.15, 0.2) is 11.6 Å². The summed E-state index contributed by atoms with van der Waals surface area (Å²) in [5.74, 6) is 2.24. The van der Waals surface area contributed by atoms with E-state index in [1.54, 1.807) is 0 Å². The Morgan fingerprint density at radius 2 is 1.42 bits per heavy atom. The molecule has 8 atom stereocenters. The van der Waals surface area contributed by atoms with E-state index in [9.17, 15) is 5.11 Å². The lowest BCUT2D eigenvalue weighted by atomic mass is 9.34. The molecule has 0 radical (unpaired) electrons. The van der Waals surface area contributed by atoms with Crippen molar-refractivity contribution in [3.8, 4) is 0 Å². The van der Waals surface area contributed by atoms with Gasteiger partial charge in [0.25, 0.3) is 0 Å². The quantitative estimate of drug-likeness (QED) is 0.387. The van der Waals surface area contributed by atoms with Gasteiger partial charge < -0.3 is 5.11 Å². The van der Waals surface area contributed by atoms with Gasteiger partial charge in [-0.15, -0.1) is 0 Å². The Morgan fingerprint density at radius 3 is 2.13 bits per heavy atom. The summed E-state index contributed by atoms with van der Waals surface area (Å²) in [5.41, 5.74) is 4.07. The third-order valence-electron chi connectivity index (χ3n) is 13.0. The van der Waals surface area contributed by atoms with Gasteiger partial charge in [-0.3, -0.25) is 0 Å². The van der Waals surface area contributed by atoms with Gasteiger partial charge in [-0.2, -0.15) is 0 Å². The average molecular weight is 427 g/mol. The summed E-state index contributed by atoms with van der Waals surface area (Å²) in [5, 5.41) is 10.9. The zero-order valence-corrected chi connectivity index (χ0v) is 21.9. The summed E-state index contributed by atoms with van der Waals surface area (Å²) in [6.07, 6.45) is 15.9. The highest BCUT2D eigenvalue weighted by molar-refractivity contribution is 5.33. The van der Waals surface area contributed by atoms with Crippen LogP contribution in [-0.4, -0.2) is 11.2 Å². The monoisotopic (exact) mass is 426 g/mol. The van der Waals surface area contributed by atoms with E-state index in [0.717, 1.165) is 18.3 Å². The highest BCUT2D eigenvalue weighted by atomic mass is 16.3. The van der Waals surface area contributed by atoms with Crippen LogP contribution in [0.4, 0.5) is 0 Å². The predicted octanol–water partition coefficient (Wildman–Crippen LogP) is 8.17. The van der Waals surface area contributed by atoms with Crippen molar-refractivity contribution >= 4 is 0 Å². The molecule has 5 aliphatic rings. The molecule has 1 heteroatoms. The first kappa shape index (κ1) is 22.5. The lowest BCUT2D eigenvalue weighted by molar-refractivity contribution is -0.186. The normalized spacial score (nSPS) is 55.2. The van der Waals surface area contributed by atoms with E-state index in [2.05, 4.69) is 61.5 Å². The molecule has 0 heterocycles. The van der Waals surface area contributed by atoms with Gasteiger partial charge in [0.05, 0.1) is 6.10 Å². The van der Waals surface area contributed by atoms with Crippen LogP contribution in [0.5, 0.6) is 0 Å². The Hall–Kier alpha value is -0.300. The molecule has 1 nitrogen and oxygen atoms in total. The van der Waals surface area contributed by atoms with Crippen LogP contribution in [0, 0.1) is 50.2 Å². The molecular weight excluding hydrogens is 376 g/mol. The van der Waals surface area contributed by atoms with Crippen molar-refractivity contribution in [2.45, 2.75) is 126 Å². The van der Waals surface area contributed by atoms with Crippen molar-refractivity contribution in [1.82, 2.24) is 0 Å². The van der Waals surface area contributed by atoms with Crippen molar-refractivity contribution in [2.75, 3.05) is 0 Å². The molecule has 0 aromatic rings. The average Bonchev–Trinajstić information content (AvgIpc) is 2.68. The highest BCUT2D eigenvalue weighted by Gasteiger charge is 2.67. The van der Waals surface area contributed by atoms with Crippen LogP contribution in [-0.2, 0) is 0 Å². The van der Waals surface area contributed by atoms with E-state index in [4.69, 9.17) is 0 Å². The molecule has 5 rings (SSSR count). The lowest BCUT2D eigenvalue weighted by Gasteiger charge is -2.71. The molecule has 0 aromatic heterocycles. The fraction of sp³-hybridized carbons (Fsp3) is 0.933. The summed E-state index contributed by atoms with van der Waals surface area (Å²) in [6, 6.07) is 0. The molecule has 4 saturated carbocycles. The maximum absolute atomic E-state index is 10.9. The summed E-state index contributed by atoms with van der Waals surface area (Å²) >= 11 is 0. The van der Waals surface area contributed by atoms with Crippen molar-refractivity contribution in [1.29, 1.82) is 0 Å². The molecule has 176 valence electrons. The van der Waals surface area contributed by atoms with Gasteiger partial charge >= 0.3 is 0 Å². The second-order valence-electron chi connectivity index (χ2n) is 15.2. The van der Waals surface area contributed by atoms with Crippen LogP contribution in [0.3, 0.4) is 0 Å². The molecule has 0 amide bonds. The molecule has 0 bridgehead atoms. The van der Waals surface area contributed by atoms with Crippen molar-refractivity contribution in [3.05, 3.63) is 11.6 Å². The summed E-state index contributed by atoms with van der Waals surface area (Å²) in [7, 11) is 0. The number of rotatable bonds is 0. The van der Waals surface area contributed by atoms with Gasteiger partial charge in [-0.05, 0) is 114 Å². The first-order valence-corrected chi connectivity index (χ1v) is 13.6. The second kappa shape index (κ2) is 6.43. The van der Waals surface area contributed by atoms with Gasteiger partial charge in [0, 0.05) is 0 Å². The summed E-state index contributed by atoms with van der Waals surface area (Å²) in [4.78, 5) is 0. The van der Waals surface area contributed by atoms with E-state index < -0.39 is 0 Å². The smallest absolute Gasteiger partial charge is 0.0594 e. The third kappa shape index (κ3) is 2.77. The topological polar surface area (TPSA) is 20.2 Å². The predicted molar refractivity (Wildman–Crippen MR) is 131 cm³/mol. The zero-order valence-electron chi connectivity index (χ0n) is 21.9.